The average Bonchev–Trinajstić information content (AvgIpc) is 2.28. The van der Waals surface area contributed by atoms with Gasteiger partial charge in [0.05, 0.1) is 19.8 Å². The molecule has 94 valence electrons. The van der Waals surface area contributed by atoms with E-state index in [2.05, 4.69) is 6.07 Å². The molecule has 0 aromatic heterocycles. The molecule has 1 aliphatic rings. The van der Waals surface area contributed by atoms with E-state index >= 15 is 0 Å². The summed E-state index contributed by atoms with van der Waals surface area (Å²) >= 11 is 0. The van der Waals surface area contributed by atoms with E-state index in [9.17, 15) is 0 Å². The van der Waals surface area contributed by atoms with Crippen molar-refractivity contribution >= 4 is 0 Å². The number of hydrogen-bond donors (Lipinski definition) is 1. The highest BCUT2D eigenvalue weighted by Crippen LogP contribution is 2.33. The Kier molecular flexibility index (Phi) is 3.69. The van der Waals surface area contributed by atoms with Crippen LogP contribution in [0.1, 0.15) is 31.7 Å². The molecule has 1 heterocycles. The van der Waals surface area contributed by atoms with Crippen LogP contribution in [0, 0.1) is 0 Å². The molecule has 2 N–H and O–H groups in total. The quantitative estimate of drug-likeness (QED) is 0.871. The van der Waals surface area contributed by atoms with Crippen molar-refractivity contribution in [3.63, 3.8) is 0 Å². The standard InChI is InChI=1S/C14H21NO2/c1-14(2,15)10-16-9-11-7-8-17-13-6-4-3-5-12(11)13/h3-6,11H,7-10,15H2,1-2H3. The molecular formula is C14H21NO2. The number of fused-ring (bicyclic) bond motifs is 1. The third kappa shape index (κ3) is 3.45. The van der Waals surface area contributed by atoms with Gasteiger partial charge in [0.25, 0.3) is 0 Å². The number of ether oxygens (including phenoxy) is 2. The van der Waals surface area contributed by atoms with Crippen molar-refractivity contribution in [3.8, 4) is 5.75 Å². The molecule has 1 aliphatic heterocycles. The molecule has 1 atom stereocenters. The Hall–Kier alpha value is -1.06. The van der Waals surface area contributed by atoms with Crippen molar-refractivity contribution in [2.75, 3.05) is 19.8 Å². The number of rotatable bonds is 4. The van der Waals surface area contributed by atoms with E-state index in [1.54, 1.807) is 0 Å². The second-order valence-corrected chi connectivity index (χ2v) is 5.38. The van der Waals surface area contributed by atoms with Crippen molar-refractivity contribution in [1.29, 1.82) is 0 Å². The smallest absolute Gasteiger partial charge is 0.122 e. The Morgan fingerprint density at radius 2 is 2.18 bits per heavy atom. The van der Waals surface area contributed by atoms with Crippen LogP contribution in [0.4, 0.5) is 0 Å². The minimum absolute atomic E-state index is 0.259. The molecule has 0 spiro atoms. The van der Waals surface area contributed by atoms with Crippen molar-refractivity contribution in [2.45, 2.75) is 31.7 Å². The van der Waals surface area contributed by atoms with Crippen LogP contribution in [-0.2, 0) is 4.74 Å². The van der Waals surface area contributed by atoms with Crippen molar-refractivity contribution in [2.24, 2.45) is 5.73 Å². The van der Waals surface area contributed by atoms with Crippen molar-refractivity contribution < 1.29 is 9.47 Å². The van der Waals surface area contributed by atoms with Gasteiger partial charge in [-0.05, 0) is 31.9 Å². The highest BCUT2D eigenvalue weighted by atomic mass is 16.5. The molecular weight excluding hydrogens is 214 g/mol. The van der Waals surface area contributed by atoms with Crippen LogP contribution < -0.4 is 10.5 Å². The van der Waals surface area contributed by atoms with Crippen molar-refractivity contribution in [1.82, 2.24) is 0 Å². The summed E-state index contributed by atoms with van der Waals surface area (Å²) in [6, 6.07) is 8.20. The Balaban J connectivity index is 1.95. The van der Waals surface area contributed by atoms with Gasteiger partial charge >= 0.3 is 0 Å². The van der Waals surface area contributed by atoms with Gasteiger partial charge in [-0.15, -0.1) is 0 Å². The maximum Gasteiger partial charge on any atom is 0.122 e. The zero-order valence-electron chi connectivity index (χ0n) is 10.6. The van der Waals surface area contributed by atoms with Crippen LogP contribution in [0.25, 0.3) is 0 Å². The lowest BCUT2D eigenvalue weighted by Crippen LogP contribution is -2.38. The summed E-state index contributed by atoms with van der Waals surface area (Å²) in [7, 11) is 0. The second-order valence-electron chi connectivity index (χ2n) is 5.38. The molecule has 17 heavy (non-hydrogen) atoms. The van der Waals surface area contributed by atoms with Gasteiger partial charge in [-0.1, -0.05) is 18.2 Å². The summed E-state index contributed by atoms with van der Waals surface area (Å²) in [5.41, 5.74) is 6.89. The first-order chi connectivity index (χ1) is 8.06. The lowest BCUT2D eigenvalue weighted by molar-refractivity contribution is 0.0764. The minimum atomic E-state index is -0.259. The monoisotopic (exact) mass is 235 g/mol. The van der Waals surface area contributed by atoms with E-state index in [0.29, 0.717) is 12.5 Å². The van der Waals surface area contributed by atoms with Crippen molar-refractivity contribution in [3.05, 3.63) is 29.8 Å². The fraction of sp³-hybridized carbons (Fsp3) is 0.571. The van der Waals surface area contributed by atoms with Crippen LogP contribution in [0.5, 0.6) is 5.75 Å². The lowest BCUT2D eigenvalue weighted by atomic mass is 9.94. The number of para-hydroxylation sites is 1. The Morgan fingerprint density at radius 3 is 2.94 bits per heavy atom. The summed E-state index contributed by atoms with van der Waals surface area (Å²) in [6.07, 6.45) is 1.02. The molecule has 3 nitrogen and oxygen atoms in total. The van der Waals surface area contributed by atoms with Crippen LogP contribution in [0.3, 0.4) is 0 Å². The second kappa shape index (κ2) is 5.07. The maximum atomic E-state index is 5.90. The molecule has 0 bridgehead atoms. The maximum absolute atomic E-state index is 5.90. The Bertz CT molecular complexity index is 371. The molecule has 1 unspecified atom stereocenters. The van der Waals surface area contributed by atoms with Gasteiger partial charge in [0, 0.05) is 11.5 Å². The first-order valence-corrected chi connectivity index (χ1v) is 6.14. The summed E-state index contributed by atoms with van der Waals surface area (Å²) in [6.45, 7) is 6.04. The van der Waals surface area contributed by atoms with Gasteiger partial charge in [0.1, 0.15) is 5.75 Å². The van der Waals surface area contributed by atoms with Crippen LogP contribution in [-0.4, -0.2) is 25.4 Å². The van der Waals surface area contributed by atoms with Gasteiger partial charge in [-0.25, -0.2) is 0 Å². The molecule has 0 saturated heterocycles. The summed E-state index contributed by atoms with van der Waals surface area (Å²) in [5.74, 6) is 1.43. The average molecular weight is 235 g/mol. The van der Waals surface area contributed by atoms with Crippen LogP contribution in [0.15, 0.2) is 24.3 Å². The topological polar surface area (TPSA) is 44.5 Å². The highest BCUT2D eigenvalue weighted by Gasteiger charge is 2.22. The molecule has 2 rings (SSSR count). The lowest BCUT2D eigenvalue weighted by Gasteiger charge is -2.27. The van der Waals surface area contributed by atoms with Gasteiger partial charge in [-0.2, -0.15) is 0 Å². The molecule has 0 fully saturated rings. The van der Waals surface area contributed by atoms with Gasteiger partial charge in [-0.3, -0.25) is 0 Å². The zero-order valence-corrected chi connectivity index (χ0v) is 10.6. The molecule has 0 amide bonds. The normalized spacial score (nSPS) is 19.6. The molecule has 1 aromatic rings. The molecule has 3 heteroatoms. The third-order valence-corrected chi connectivity index (χ3v) is 2.88. The van der Waals surface area contributed by atoms with Gasteiger partial charge in [0.2, 0.25) is 0 Å². The van der Waals surface area contributed by atoms with Crippen LogP contribution >= 0.6 is 0 Å². The highest BCUT2D eigenvalue weighted by molar-refractivity contribution is 5.37. The third-order valence-electron chi connectivity index (χ3n) is 2.88. The number of benzene rings is 1. The summed E-state index contributed by atoms with van der Waals surface area (Å²) < 4.78 is 11.3. The fourth-order valence-corrected chi connectivity index (χ4v) is 2.05. The molecule has 0 aliphatic carbocycles. The summed E-state index contributed by atoms with van der Waals surface area (Å²) in [4.78, 5) is 0. The predicted molar refractivity (Wildman–Crippen MR) is 68.4 cm³/mol. The zero-order chi connectivity index (χ0) is 12.3. The first-order valence-electron chi connectivity index (χ1n) is 6.14. The van der Waals surface area contributed by atoms with E-state index in [1.165, 1.54) is 5.56 Å². The van der Waals surface area contributed by atoms with Gasteiger partial charge in [0.15, 0.2) is 0 Å². The Labute approximate surface area is 103 Å². The summed E-state index contributed by atoms with van der Waals surface area (Å²) in [5, 5.41) is 0. The first kappa shape index (κ1) is 12.4. The number of hydrogen-bond acceptors (Lipinski definition) is 3. The fourth-order valence-electron chi connectivity index (χ4n) is 2.05. The predicted octanol–water partition coefficient (Wildman–Crippen LogP) is 2.31. The van der Waals surface area contributed by atoms with E-state index in [-0.39, 0.29) is 5.54 Å². The number of nitrogens with two attached hydrogens (primary N) is 1. The molecule has 1 aromatic carbocycles. The van der Waals surface area contributed by atoms with E-state index in [4.69, 9.17) is 15.2 Å². The van der Waals surface area contributed by atoms with E-state index in [0.717, 1.165) is 25.4 Å². The van der Waals surface area contributed by atoms with E-state index in [1.807, 2.05) is 32.0 Å². The van der Waals surface area contributed by atoms with Crippen LogP contribution in [0.2, 0.25) is 0 Å². The molecule has 0 radical (unpaired) electrons. The Morgan fingerprint density at radius 1 is 1.41 bits per heavy atom. The largest absolute Gasteiger partial charge is 0.493 e. The van der Waals surface area contributed by atoms with E-state index < -0.39 is 0 Å². The molecule has 0 saturated carbocycles. The SMILES string of the molecule is CC(C)(N)COCC1CCOc2ccccc21. The minimum Gasteiger partial charge on any atom is -0.493 e. The van der Waals surface area contributed by atoms with Gasteiger partial charge < -0.3 is 15.2 Å².